The Bertz CT molecular complexity index is 1410. The van der Waals surface area contributed by atoms with E-state index in [9.17, 15) is 18.4 Å². The molecule has 0 radical (unpaired) electrons. The van der Waals surface area contributed by atoms with Gasteiger partial charge < -0.3 is 20.5 Å². The standard InChI is InChI=1S/C22H20ClF2N7O4/c1-35-21(34)15(26)5-8-31-11-16(29-20(33)14-10-28-32-7-2-6-27-19(14)32)18(30-31)13-9-12(23)3-4-17(13)36-22(24)25/h2-4,6-7,9-11,15,22H,5,8,26H2,1H3,(H,29,33)/t15-/m0/s1. The number of nitrogens with one attached hydrogen (secondary N) is 1. The molecule has 36 heavy (non-hydrogen) atoms. The first kappa shape index (κ1) is 25.0. The molecule has 3 N–H and O–H groups in total. The van der Waals surface area contributed by atoms with Crippen LogP contribution in [-0.2, 0) is 16.1 Å². The maximum absolute atomic E-state index is 13.1. The number of amides is 1. The van der Waals surface area contributed by atoms with Crippen LogP contribution in [0.1, 0.15) is 16.8 Å². The fourth-order valence-corrected chi connectivity index (χ4v) is 3.60. The second kappa shape index (κ2) is 10.7. The molecule has 0 aliphatic heterocycles. The highest BCUT2D eigenvalue weighted by atomic mass is 35.5. The SMILES string of the molecule is COC(=O)[C@@H](N)CCn1cc(NC(=O)c2cnn3cccnc23)c(-c2cc(Cl)ccc2OC(F)F)n1. The van der Waals surface area contributed by atoms with Gasteiger partial charge >= 0.3 is 12.6 Å². The van der Waals surface area contributed by atoms with E-state index in [-0.39, 0.29) is 46.2 Å². The third-order valence-electron chi connectivity index (χ3n) is 5.12. The minimum atomic E-state index is -3.10. The molecule has 0 unspecified atom stereocenters. The Morgan fingerprint density at radius 2 is 2.11 bits per heavy atom. The summed E-state index contributed by atoms with van der Waals surface area (Å²) in [5.41, 5.74) is 6.70. The van der Waals surface area contributed by atoms with Crippen LogP contribution in [0.3, 0.4) is 0 Å². The van der Waals surface area contributed by atoms with Crippen LogP contribution in [0.15, 0.2) is 49.1 Å². The number of fused-ring (bicyclic) bond motifs is 1. The molecule has 1 aromatic carbocycles. The van der Waals surface area contributed by atoms with Gasteiger partial charge in [0.15, 0.2) is 5.65 Å². The van der Waals surface area contributed by atoms with E-state index in [1.54, 1.807) is 12.3 Å². The van der Waals surface area contributed by atoms with E-state index in [1.807, 2.05) is 0 Å². The van der Waals surface area contributed by atoms with Crippen molar-refractivity contribution in [3.8, 4) is 17.0 Å². The Morgan fingerprint density at radius 1 is 1.31 bits per heavy atom. The number of esters is 1. The Labute approximate surface area is 207 Å². The van der Waals surface area contributed by atoms with E-state index in [2.05, 4.69) is 30.0 Å². The molecule has 3 heterocycles. The van der Waals surface area contributed by atoms with Crippen LogP contribution >= 0.6 is 11.6 Å². The molecule has 4 aromatic rings. The van der Waals surface area contributed by atoms with Crippen molar-refractivity contribution in [2.45, 2.75) is 25.6 Å². The summed E-state index contributed by atoms with van der Waals surface area (Å²) >= 11 is 6.12. The van der Waals surface area contributed by atoms with E-state index in [1.165, 1.54) is 53.1 Å². The molecular formula is C22H20ClF2N7O4. The largest absolute Gasteiger partial charge is 0.468 e. The number of rotatable bonds is 9. The molecule has 188 valence electrons. The lowest BCUT2D eigenvalue weighted by atomic mass is 10.1. The van der Waals surface area contributed by atoms with Gasteiger partial charge in [0.2, 0.25) is 0 Å². The molecule has 11 nitrogen and oxygen atoms in total. The van der Waals surface area contributed by atoms with Gasteiger partial charge in [0, 0.05) is 35.7 Å². The number of ether oxygens (including phenoxy) is 2. The molecule has 14 heteroatoms. The van der Waals surface area contributed by atoms with Crippen molar-refractivity contribution in [2.24, 2.45) is 5.73 Å². The van der Waals surface area contributed by atoms with Crippen molar-refractivity contribution in [3.63, 3.8) is 0 Å². The lowest BCUT2D eigenvalue weighted by molar-refractivity contribution is -0.142. The number of nitrogens with zero attached hydrogens (tertiary/aromatic N) is 5. The summed E-state index contributed by atoms with van der Waals surface area (Å²) in [6.07, 6.45) is 6.13. The average Bonchev–Trinajstić information content (AvgIpc) is 3.47. The first-order chi connectivity index (χ1) is 17.3. The zero-order chi connectivity index (χ0) is 25.8. The number of methoxy groups -OCH3 is 1. The van der Waals surface area contributed by atoms with Gasteiger partial charge in [-0.05, 0) is 30.7 Å². The zero-order valence-electron chi connectivity index (χ0n) is 18.8. The number of hydrogen-bond donors (Lipinski definition) is 2. The van der Waals surface area contributed by atoms with Crippen molar-refractivity contribution < 1.29 is 27.8 Å². The number of anilines is 1. The van der Waals surface area contributed by atoms with E-state index in [0.29, 0.717) is 5.65 Å². The first-order valence-electron chi connectivity index (χ1n) is 10.5. The van der Waals surface area contributed by atoms with Crippen molar-refractivity contribution in [3.05, 3.63) is 59.6 Å². The van der Waals surface area contributed by atoms with Gasteiger partial charge in [-0.2, -0.15) is 19.0 Å². The number of halogens is 3. The summed E-state index contributed by atoms with van der Waals surface area (Å²) in [6, 6.07) is 4.80. The van der Waals surface area contributed by atoms with Crippen LogP contribution in [0, 0.1) is 0 Å². The van der Waals surface area contributed by atoms with Gasteiger partial charge in [-0.1, -0.05) is 11.6 Å². The van der Waals surface area contributed by atoms with Gasteiger partial charge in [-0.15, -0.1) is 0 Å². The van der Waals surface area contributed by atoms with Gasteiger partial charge in [0.25, 0.3) is 5.91 Å². The number of aromatic nitrogens is 5. The number of aryl methyl sites for hydroxylation is 1. The molecule has 0 fully saturated rings. The highest BCUT2D eigenvalue weighted by molar-refractivity contribution is 6.31. The monoisotopic (exact) mass is 519 g/mol. The number of benzene rings is 1. The van der Waals surface area contributed by atoms with Crippen LogP contribution in [0.25, 0.3) is 16.9 Å². The Morgan fingerprint density at radius 3 is 2.86 bits per heavy atom. The minimum absolute atomic E-state index is 0.109. The first-order valence-corrected chi connectivity index (χ1v) is 10.9. The Balaban J connectivity index is 1.72. The van der Waals surface area contributed by atoms with Crippen molar-refractivity contribution in [1.82, 2.24) is 24.4 Å². The summed E-state index contributed by atoms with van der Waals surface area (Å²) in [7, 11) is 1.22. The predicted octanol–water partition coefficient (Wildman–Crippen LogP) is 2.99. The lowest BCUT2D eigenvalue weighted by Gasteiger charge is -2.11. The number of carbonyl (C=O) groups is 2. The molecule has 3 aromatic heterocycles. The molecule has 0 saturated heterocycles. The van der Waals surface area contributed by atoms with Gasteiger partial charge in [0.1, 0.15) is 23.0 Å². The molecule has 4 rings (SSSR count). The summed E-state index contributed by atoms with van der Waals surface area (Å²) in [5, 5.41) is 11.5. The molecule has 0 aliphatic rings. The summed E-state index contributed by atoms with van der Waals surface area (Å²) < 4.78 is 38.2. The second-order valence-electron chi connectivity index (χ2n) is 7.49. The highest BCUT2D eigenvalue weighted by Crippen LogP contribution is 2.37. The van der Waals surface area contributed by atoms with Crippen LogP contribution < -0.4 is 15.8 Å². The number of carbonyl (C=O) groups excluding carboxylic acids is 2. The van der Waals surface area contributed by atoms with Gasteiger partial charge in [-0.25, -0.2) is 9.50 Å². The van der Waals surface area contributed by atoms with E-state index < -0.39 is 24.5 Å². The zero-order valence-corrected chi connectivity index (χ0v) is 19.5. The van der Waals surface area contributed by atoms with Crippen LogP contribution in [-0.4, -0.2) is 56.0 Å². The topological polar surface area (TPSA) is 139 Å². The van der Waals surface area contributed by atoms with Crippen molar-refractivity contribution in [2.75, 3.05) is 12.4 Å². The highest BCUT2D eigenvalue weighted by Gasteiger charge is 2.23. The summed E-state index contributed by atoms with van der Waals surface area (Å²) in [6.45, 7) is -2.95. The third-order valence-corrected chi connectivity index (χ3v) is 5.35. The number of alkyl halides is 2. The minimum Gasteiger partial charge on any atom is -0.468 e. The smallest absolute Gasteiger partial charge is 0.387 e. The average molecular weight is 520 g/mol. The lowest BCUT2D eigenvalue weighted by Crippen LogP contribution is -2.32. The van der Waals surface area contributed by atoms with E-state index in [0.717, 1.165) is 0 Å². The second-order valence-corrected chi connectivity index (χ2v) is 7.93. The number of hydrogen-bond acceptors (Lipinski definition) is 8. The normalized spacial score (nSPS) is 12.1. The maximum atomic E-state index is 13.1. The summed E-state index contributed by atoms with van der Waals surface area (Å²) in [4.78, 5) is 28.9. The molecule has 0 bridgehead atoms. The third kappa shape index (κ3) is 5.42. The molecule has 0 saturated carbocycles. The predicted molar refractivity (Wildman–Crippen MR) is 125 cm³/mol. The quantitative estimate of drug-likeness (QED) is 0.322. The molecular weight excluding hydrogens is 500 g/mol. The number of nitrogens with two attached hydrogens (primary N) is 1. The van der Waals surface area contributed by atoms with Crippen molar-refractivity contribution in [1.29, 1.82) is 0 Å². The van der Waals surface area contributed by atoms with Crippen LogP contribution in [0.5, 0.6) is 5.75 Å². The fraction of sp³-hybridized carbons (Fsp3) is 0.227. The van der Waals surface area contributed by atoms with E-state index >= 15 is 0 Å². The molecule has 1 atom stereocenters. The van der Waals surface area contributed by atoms with Crippen LogP contribution in [0.4, 0.5) is 14.5 Å². The Hall–Kier alpha value is -4.10. The molecule has 1 amide bonds. The molecule has 0 aliphatic carbocycles. The van der Waals surface area contributed by atoms with Gasteiger partial charge in [0.05, 0.1) is 19.0 Å². The summed E-state index contributed by atoms with van der Waals surface area (Å²) in [5.74, 6) is -1.35. The van der Waals surface area contributed by atoms with E-state index in [4.69, 9.17) is 17.3 Å². The Kier molecular flexibility index (Phi) is 7.41. The van der Waals surface area contributed by atoms with Gasteiger partial charge in [-0.3, -0.25) is 14.3 Å². The van der Waals surface area contributed by atoms with Crippen molar-refractivity contribution >= 4 is 34.8 Å². The molecule has 0 spiro atoms. The van der Waals surface area contributed by atoms with Crippen LogP contribution in [0.2, 0.25) is 5.02 Å². The fourth-order valence-electron chi connectivity index (χ4n) is 3.43. The maximum Gasteiger partial charge on any atom is 0.387 e.